The average Bonchev–Trinajstić information content (AvgIpc) is 2.08. The van der Waals surface area contributed by atoms with Crippen molar-refractivity contribution in [2.24, 2.45) is 0 Å². The molecule has 5 heteroatoms. The summed E-state index contributed by atoms with van der Waals surface area (Å²) >= 11 is 16.6. The summed E-state index contributed by atoms with van der Waals surface area (Å²) in [6, 6.07) is 1.25. The lowest BCUT2D eigenvalue weighted by atomic mass is 10.2. The number of phenols is 1. The lowest BCUT2D eigenvalue weighted by molar-refractivity contribution is 0.112. The zero-order valence-corrected chi connectivity index (χ0v) is 7.91. The van der Waals surface area contributed by atoms with Crippen molar-refractivity contribution in [3.63, 3.8) is 0 Å². The maximum atomic E-state index is 10.4. The van der Waals surface area contributed by atoms with Crippen LogP contribution >= 0.6 is 34.8 Å². The number of phenolic OH excluding ortho intramolecular Hbond substituents is 1. The van der Waals surface area contributed by atoms with E-state index in [1.807, 2.05) is 0 Å². The molecule has 0 spiro atoms. The van der Waals surface area contributed by atoms with Crippen LogP contribution in [0.3, 0.4) is 0 Å². The fourth-order valence-corrected chi connectivity index (χ4v) is 1.35. The van der Waals surface area contributed by atoms with Crippen LogP contribution in [0.2, 0.25) is 15.1 Å². The molecule has 64 valence electrons. The third-order valence-corrected chi connectivity index (χ3v) is 2.45. The molecule has 0 radical (unpaired) electrons. The molecule has 1 rings (SSSR count). The van der Waals surface area contributed by atoms with Gasteiger partial charge in [0.1, 0.15) is 5.02 Å². The highest BCUT2D eigenvalue weighted by Gasteiger charge is 2.12. The topological polar surface area (TPSA) is 37.3 Å². The van der Waals surface area contributed by atoms with Gasteiger partial charge >= 0.3 is 0 Å². The highest BCUT2D eigenvalue weighted by molar-refractivity contribution is 6.46. The van der Waals surface area contributed by atoms with Crippen LogP contribution < -0.4 is 0 Å². The van der Waals surface area contributed by atoms with E-state index in [9.17, 15) is 4.79 Å². The third-order valence-electron chi connectivity index (χ3n) is 1.29. The monoisotopic (exact) mass is 224 g/mol. The first-order valence-electron chi connectivity index (χ1n) is 2.89. The number of carbonyl (C=O) groups excluding carboxylic acids is 1. The van der Waals surface area contributed by atoms with Crippen molar-refractivity contribution in [1.29, 1.82) is 0 Å². The van der Waals surface area contributed by atoms with Crippen LogP contribution in [0.5, 0.6) is 5.75 Å². The normalized spacial score (nSPS) is 9.92. The Hall–Kier alpha value is -0.440. The van der Waals surface area contributed by atoms with Gasteiger partial charge in [-0.2, -0.15) is 0 Å². The van der Waals surface area contributed by atoms with Gasteiger partial charge in [-0.25, -0.2) is 0 Å². The Kier molecular flexibility index (Phi) is 2.83. The van der Waals surface area contributed by atoms with E-state index >= 15 is 0 Å². The predicted octanol–water partition coefficient (Wildman–Crippen LogP) is 3.16. The fourth-order valence-electron chi connectivity index (χ4n) is 0.690. The Morgan fingerprint density at radius 3 is 2.33 bits per heavy atom. The van der Waals surface area contributed by atoms with Gasteiger partial charge < -0.3 is 5.11 Å². The maximum absolute atomic E-state index is 10.4. The Labute approximate surface area is 83.7 Å². The molecule has 1 aromatic carbocycles. The van der Waals surface area contributed by atoms with Crippen molar-refractivity contribution in [2.75, 3.05) is 0 Å². The molecule has 0 aliphatic carbocycles. The number of hydrogen-bond acceptors (Lipinski definition) is 2. The Morgan fingerprint density at radius 1 is 1.25 bits per heavy atom. The molecule has 0 bridgehead atoms. The molecule has 0 aliphatic heterocycles. The second kappa shape index (κ2) is 3.52. The maximum Gasteiger partial charge on any atom is 0.154 e. The van der Waals surface area contributed by atoms with Gasteiger partial charge in [-0.05, 0) is 6.07 Å². The van der Waals surface area contributed by atoms with Crippen molar-refractivity contribution in [3.8, 4) is 5.75 Å². The van der Waals surface area contributed by atoms with Gasteiger partial charge in [0, 0.05) is 5.56 Å². The van der Waals surface area contributed by atoms with E-state index in [1.165, 1.54) is 6.07 Å². The zero-order valence-electron chi connectivity index (χ0n) is 5.64. The predicted molar refractivity (Wildman–Crippen MR) is 48.5 cm³/mol. The van der Waals surface area contributed by atoms with Crippen LogP contribution in [0.25, 0.3) is 0 Å². The molecule has 0 amide bonds. The summed E-state index contributed by atoms with van der Waals surface area (Å²) in [7, 11) is 0. The van der Waals surface area contributed by atoms with Crippen molar-refractivity contribution >= 4 is 41.1 Å². The molecule has 0 atom stereocenters. The highest BCUT2D eigenvalue weighted by Crippen LogP contribution is 2.38. The minimum atomic E-state index is -0.311. The summed E-state index contributed by atoms with van der Waals surface area (Å²) in [4.78, 5) is 10.4. The Morgan fingerprint density at radius 2 is 1.83 bits per heavy atom. The van der Waals surface area contributed by atoms with E-state index < -0.39 is 0 Å². The minimum absolute atomic E-state index is 0.00602. The number of benzene rings is 1. The van der Waals surface area contributed by atoms with Crippen LogP contribution in [0.1, 0.15) is 10.4 Å². The number of hydrogen-bond donors (Lipinski definition) is 1. The number of aldehydes is 1. The van der Waals surface area contributed by atoms with Crippen LogP contribution in [0.4, 0.5) is 0 Å². The van der Waals surface area contributed by atoms with Gasteiger partial charge in [0.25, 0.3) is 0 Å². The second-order valence-electron chi connectivity index (χ2n) is 2.04. The molecule has 12 heavy (non-hydrogen) atoms. The van der Waals surface area contributed by atoms with E-state index in [0.717, 1.165) is 0 Å². The number of halogens is 3. The van der Waals surface area contributed by atoms with Crippen molar-refractivity contribution in [2.45, 2.75) is 0 Å². The molecule has 0 saturated heterocycles. The molecule has 0 unspecified atom stereocenters. The molecule has 0 heterocycles. The Bertz CT molecular complexity index is 336. The van der Waals surface area contributed by atoms with E-state index in [4.69, 9.17) is 39.9 Å². The molecule has 0 aliphatic rings. The molecule has 0 aromatic heterocycles. The summed E-state index contributed by atoms with van der Waals surface area (Å²) in [6.45, 7) is 0. The van der Waals surface area contributed by atoms with E-state index in [1.54, 1.807) is 0 Å². The van der Waals surface area contributed by atoms with E-state index in [-0.39, 0.29) is 26.4 Å². The van der Waals surface area contributed by atoms with Gasteiger partial charge in [-0.1, -0.05) is 34.8 Å². The van der Waals surface area contributed by atoms with Crippen molar-refractivity contribution < 1.29 is 9.90 Å². The third kappa shape index (κ3) is 1.51. The van der Waals surface area contributed by atoms with Gasteiger partial charge in [0.2, 0.25) is 0 Å². The summed E-state index contributed by atoms with van der Waals surface area (Å²) in [6.07, 6.45) is 0.513. The molecular formula is C7H3Cl3O2. The molecule has 1 aromatic rings. The van der Waals surface area contributed by atoms with Crippen LogP contribution in [-0.4, -0.2) is 11.4 Å². The number of rotatable bonds is 1. The molecule has 0 saturated carbocycles. The Balaban J connectivity index is 3.49. The first kappa shape index (κ1) is 9.65. The quantitative estimate of drug-likeness (QED) is 0.589. The van der Waals surface area contributed by atoms with Crippen LogP contribution in [-0.2, 0) is 0 Å². The van der Waals surface area contributed by atoms with Crippen molar-refractivity contribution in [3.05, 3.63) is 26.7 Å². The van der Waals surface area contributed by atoms with E-state index in [0.29, 0.717) is 6.29 Å². The van der Waals surface area contributed by atoms with Gasteiger partial charge in [-0.15, -0.1) is 0 Å². The first-order valence-corrected chi connectivity index (χ1v) is 4.03. The highest BCUT2D eigenvalue weighted by atomic mass is 35.5. The zero-order chi connectivity index (χ0) is 9.30. The molecule has 2 nitrogen and oxygen atoms in total. The second-order valence-corrected chi connectivity index (χ2v) is 3.21. The smallest absolute Gasteiger partial charge is 0.154 e. The van der Waals surface area contributed by atoms with Crippen LogP contribution in [0.15, 0.2) is 6.07 Å². The molecular weight excluding hydrogens is 222 g/mol. The lowest BCUT2D eigenvalue weighted by Crippen LogP contribution is -1.84. The summed E-state index contributed by atoms with van der Waals surface area (Å²) in [5.41, 5.74) is 0.157. The fraction of sp³-hybridized carbons (Fsp3) is 0. The lowest BCUT2D eigenvalue weighted by Gasteiger charge is -2.03. The summed E-state index contributed by atoms with van der Waals surface area (Å²) in [5, 5.41) is 9.05. The number of aromatic hydroxyl groups is 1. The summed E-state index contributed by atoms with van der Waals surface area (Å²) < 4.78 is 0. The SMILES string of the molecule is O=Cc1cc(Cl)c(O)c(Cl)c1Cl. The average molecular weight is 225 g/mol. The van der Waals surface area contributed by atoms with Gasteiger partial charge in [0.05, 0.1) is 10.0 Å². The molecule has 1 N–H and O–H groups in total. The first-order chi connectivity index (χ1) is 5.57. The largest absolute Gasteiger partial charge is 0.505 e. The standard InChI is InChI=1S/C7H3Cl3O2/c8-4-1-3(2-11)5(9)6(10)7(4)12/h1-2,12H. The number of carbonyl (C=O) groups is 1. The van der Waals surface area contributed by atoms with Gasteiger partial charge in [-0.3, -0.25) is 4.79 Å². The van der Waals surface area contributed by atoms with E-state index in [2.05, 4.69) is 0 Å². The van der Waals surface area contributed by atoms with Crippen molar-refractivity contribution in [1.82, 2.24) is 0 Å². The van der Waals surface area contributed by atoms with Crippen LogP contribution in [0, 0.1) is 0 Å². The molecule has 0 fully saturated rings. The minimum Gasteiger partial charge on any atom is -0.505 e. The van der Waals surface area contributed by atoms with Gasteiger partial charge in [0.15, 0.2) is 12.0 Å². The summed E-state index contributed by atoms with van der Waals surface area (Å²) in [5.74, 6) is -0.311.